The van der Waals surface area contributed by atoms with Crippen molar-refractivity contribution in [3.63, 3.8) is 0 Å². The van der Waals surface area contributed by atoms with E-state index in [-0.39, 0.29) is 30.3 Å². The van der Waals surface area contributed by atoms with Crippen LogP contribution in [0.5, 0.6) is 5.75 Å². The van der Waals surface area contributed by atoms with Crippen LogP contribution >= 0.6 is 11.6 Å². The summed E-state index contributed by atoms with van der Waals surface area (Å²) in [6, 6.07) is 10.6. The average Bonchev–Trinajstić information content (AvgIpc) is 3.31. The van der Waals surface area contributed by atoms with Crippen molar-refractivity contribution in [1.29, 1.82) is 5.41 Å². The highest BCUT2D eigenvalue weighted by atomic mass is 35.5. The normalized spacial score (nSPS) is 15.4. The van der Waals surface area contributed by atoms with E-state index in [9.17, 15) is 4.79 Å². The Hall–Kier alpha value is -3.92. The van der Waals surface area contributed by atoms with Gasteiger partial charge < -0.3 is 25.4 Å². The third-order valence-corrected chi connectivity index (χ3v) is 5.93. The standard InChI is InChI=1S/C26H30ClN7O3/c1-26(2,3)37-25(35)34-11-9-17(13-34)33-24-21(23(29)31-15-32-24)22(28)16-7-8-20(19(27)12-16)36-14-18-6-4-5-10-30-18/h4-8,10,12,15,17,28H,9,11,13-14H2,1-3H3,(H3,29,31,32,33). The van der Waals surface area contributed by atoms with E-state index < -0.39 is 5.60 Å². The van der Waals surface area contributed by atoms with Crippen molar-refractivity contribution in [3.05, 3.63) is 70.8 Å². The fourth-order valence-electron chi connectivity index (χ4n) is 3.87. The topological polar surface area (TPSA) is 139 Å². The zero-order chi connectivity index (χ0) is 26.6. The zero-order valence-corrected chi connectivity index (χ0v) is 21.7. The number of carbonyl (C=O) groups excluding carboxylic acids is 1. The second-order valence-corrected chi connectivity index (χ2v) is 10.1. The molecule has 37 heavy (non-hydrogen) atoms. The Balaban J connectivity index is 1.47. The Morgan fingerprint density at radius 3 is 2.76 bits per heavy atom. The van der Waals surface area contributed by atoms with Gasteiger partial charge in [-0.05, 0) is 57.5 Å². The highest BCUT2D eigenvalue weighted by molar-refractivity contribution is 6.32. The van der Waals surface area contributed by atoms with Crippen molar-refractivity contribution in [1.82, 2.24) is 19.9 Å². The molecular formula is C26H30ClN7O3. The molecule has 0 radical (unpaired) electrons. The number of nitrogens with two attached hydrogens (primary N) is 1. The van der Waals surface area contributed by atoms with Gasteiger partial charge in [0.25, 0.3) is 0 Å². The van der Waals surface area contributed by atoms with Gasteiger partial charge in [-0.1, -0.05) is 17.7 Å². The first-order valence-corrected chi connectivity index (χ1v) is 12.2. The maximum absolute atomic E-state index is 12.4. The number of hydrogen-bond acceptors (Lipinski definition) is 9. The van der Waals surface area contributed by atoms with E-state index in [4.69, 9.17) is 32.2 Å². The molecule has 10 nitrogen and oxygen atoms in total. The van der Waals surface area contributed by atoms with Crippen molar-refractivity contribution in [2.75, 3.05) is 24.1 Å². The van der Waals surface area contributed by atoms with Crippen LogP contribution in [0.25, 0.3) is 0 Å². The van der Waals surface area contributed by atoms with Crippen molar-refractivity contribution >= 4 is 35.0 Å². The summed E-state index contributed by atoms with van der Waals surface area (Å²) in [5.41, 5.74) is 7.39. The van der Waals surface area contributed by atoms with Gasteiger partial charge in [0.2, 0.25) is 0 Å². The lowest BCUT2D eigenvalue weighted by molar-refractivity contribution is 0.0293. The molecule has 4 N–H and O–H groups in total. The third-order valence-electron chi connectivity index (χ3n) is 5.63. The van der Waals surface area contributed by atoms with Crippen LogP contribution in [-0.4, -0.2) is 56.4 Å². The minimum Gasteiger partial charge on any atom is -0.486 e. The molecule has 0 bridgehead atoms. The summed E-state index contributed by atoms with van der Waals surface area (Å²) in [7, 11) is 0. The van der Waals surface area contributed by atoms with Crippen LogP contribution in [0.3, 0.4) is 0 Å². The van der Waals surface area contributed by atoms with E-state index in [1.54, 1.807) is 29.3 Å². The number of ether oxygens (including phenoxy) is 2. The fourth-order valence-corrected chi connectivity index (χ4v) is 4.11. The predicted octanol–water partition coefficient (Wildman–Crippen LogP) is 4.52. The molecule has 0 spiro atoms. The maximum atomic E-state index is 12.4. The number of anilines is 2. The molecule has 1 unspecified atom stereocenters. The van der Waals surface area contributed by atoms with E-state index >= 15 is 0 Å². The Bertz CT molecular complexity index is 1280. The number of carbonyl (C=O) groups is 1. The van der Waals surface area contributed by atoms with Crippen LogP contribution in [-0.2, 0) is 11.3 Å². The number of nitrogens with one attached hydrogen (secondary N) is 2. The van der Waals surface area contributed by atoms with E-state index in [1.807, 2.05) is 39.0 Å². The van der Waals surface area contributed by atoms with Crippen molar-refractivity contribution in [2.24, 2.45) is 0 Å². The summed E-state index contributed by atoms with van der Waals surface area (Å²) < 4.78 is 11.3. The molecule has 2 aromatic heterocycles. The Morgan fingerprint density at radius 2 is 2.05 bits per heavy atom. The van der Waals surface area contributed by atoms with Crippen molar-refractivity contribution < 1.29 is 14.3 Å². The maximum Gasteiger partial charge on any atom is 0.410 e. The smallest absolute Gasteiger partial charge is 0.410 e. The molecule has 1 saturated heterocycles. The Labute approximate surface area is 220 Å². The molecular weight excluding hydrogens is 494 g/mol. The summed E-state index contributed by atoms with van der Waals surface area (Å²) in [6.45, 7) is 6.78. The molecule has 1 aromatic carbocycles. The first-order valence-electron chi connectivity index (χ1n) is 11.9. The van der Waals surface area contributed by atoms with Gasteiger partial charge in [-0.15, -0.1) is 0 Å². The van der Waals surface area contributed by atoms with Gasteiger partial charge in [-0.25, -0.2) is 14.8 Å². The van der Waals surface area contributed by atoms with E-state index in [0.29, 0.717) is 47.2 Å². The molecule has 4 rings (SSSR count). The largest absolute Gasteiger partial charge is 0.486 e. The molecule has 1 amide bonds. The summed E-state index contributed by atoms with van der Waals surface area (Å²) >= 11 is 6.47. The highest BCUT2D eigenvalue weighted by Crippen LogP contribution is 2.30. The number of hydrogen-bond donors (Lipinski definition) is 3. The molecule has 1 fully saturated rings. The number of halogens is 1. The Kier molecular flexibility index (Phi) is 7.77. The monoisotopic (exact) mass is 523 g/mol. The fraction of sp³-hybridized carbons (Fsp3) is 0.346. The lowest BCUT2D eigenvalue weighted by Crippen LogP contribution is -2.36. The molecule has 0 saturated carbocycles. The molecule has 1 aliphatic rings. The van der Waals surface area contributed by atoms with Crippen molar-refractivity contribution in [3.8, 4) is 5.75 Å². The SMILES string of the molecule is CC(C)(C)OC(=O)N1CCC(Nc2ncnc(N)c2C(=N)c2ccc(OCc3ccccn3)c(Cl)c2)C1. The van der Waals surface area contributed by atoms with Gasteiger partial charge in [-0.3, -0.25) is 10.4 Å². The van der Waals surface area contributed by atoms with Gasteiger partial charge >= 0.3 is 6.09 Å². The van der Waals surface area contributed by atoms with E-state index in [2.05, 4.69) is 20.3 Å². The lowest BCUT2D eigenvalue weighted by atomic mass is 10.0. The minimum absolute atomic E-state index is 0.0840. The van der Waals surface area contributed by atoms with Crippen LogP contribution in [0.15, 0.2) is 48.9 Å². The summed E-state index contributed by atoms with van der Waals surface area (Å²) in [6.07, 6.45) is 3.39. The summed E-state index contributed by atoms with van der Waals surface area (Å²) in [4.78, 5) is 26.7. The van der Waals surface area contributed by atoms with Gasteiger partial charge in [0.1, 0.15) is 35.9 Å². The van der Waals surface area contributed by atoms with Crippen LogP contribution in [0, 0.1) is 5.41 Å². The van der Waals surface area contributed by atoms with Gasteiger partial charge in [0.15, 0.2) is 0 Å². The highest BCUT2D eigenvalue weighted by Gasteiger charge is 2.31. The van der Waals surface area contributed by atoms with Crippen LogP contribution in [0.4, 0.5) is 16.4 Å². The lowest BCUT2D eigenvalue weighted by Gasteiger charge is -2.24. The van der Waals surface area contributed by atoms with Gasteiger partial charge in [0, 0.05) is 30.9 Å². The molecule has 1 atom stereocenters. The van der Waals surface area contributed by atoms with Gasteiger partial charge in [0.05, 0.1) is 22.0 Å². The molecule has 194 valence electrons. The summed E-state index contributed by atoms with van der Waals surface area (Å²) in [5.74, 6) is 1.06. The number of rotatable bonds is 7. The Morgan fingerprint density at radius 1 is 1.24 bits per heavy atom. The molecule has 11 heteroatoms. The van der Waals surface area contributed by atoms with Crippen LogP contribution < -0.4 is 15.8 Å². The van der Waals surface area contributed by atoms with E-state index in [0.717, 1.165) is 5.69 Å². The summed E-state index contributed by atoms with van der Waals surface area (Å²) in [5, 5.41) is 12.5. The number of likely N-dealkylation sites (tertiary alicyclic amines) is 1. The van der Waals surface area contributed by atoms with Crippen LogP contribution in [0.1, 0.15) is 44.0 Å². The average molecular weight is 524 g/mol. The van der Waals surface area contributed by atoms with Crippen LogP contribution in [0.2, 0.25) is 5.02 Å². The molecule has 3 aromatic rings. The number of aromatic nitrogens is 3. The molecule has 3 heterocycles. The molecule has 0 aliphatic carbocycles. The van der Waals surface area contributed by atoms with E-state index in [1.165, 1.54) is 6.33 Å². The third kappa shape index (κ3) is 6.65. The predicted molar refractivity (Wildman–Crippen MR) is 142 cm³/mol. The zero-order valence-electron chi connectivity index (χ0n) is 21.0. The second kappa shape index (κ2) is 11.0. The first-order chi connectivity index (χ1) is 17.6. The number of nitrogens with zero attached hydrogens (tertiary/aromatic N) is 4. The van der Waals surface area contributed by atoms with Crippen molar-refractivity contribution in [2.45, 2.75) is 45.4 Å². The number of pyridine rings is 1. The number of amides is 1. The van der Waals surface area contributed by atoms with Gasteiger partial charge in [-0.2, -0.15) is 0 Å². The second-order valence-electron chi connectivity index (χ2n) is 9.67. The molecule has 1 aliphatic heterocycles. The number of benzene rings is 1. The minimum atomic E-state index is -0.563. The quantitative estimate of drug-likeness (QED) is 0.384. The number of nitrogen functional groups attached to an aromatic ring is 1. The first kappa shape index (κ1) is 26.2.